The SMILES string of the molecule is NN(C(=O)CS(=O)(=O)O)C(=S)S. The Morgan fingerprint density at radius 2 is 2.08 bits per heavy atom. The van der Waals surface area contributed by atoms with Crippen molar-refractivity contribution >= 4 is 45.2 Å². The molecule has 0 aliphatic rings. The summed E-state index contributed by atoms with van der Waals surface area (Å²) in [5.41, 5.74) is 0. The monoisotopic (exact) mass is 230 g/mol. The van der Waals surface area contributed by atoms with Gasteiger partial charge in [0.15, 0.2) is 10.1 Å². The lowest BCUT2D eigenvalue weighted by Gasteiger charge is -2.11. The summed E-state index contributed by atoms with van der Waals surface area (Å²) in [6.07, 6.45) is 0. The fourth-order valence-electron chi connectivity index (χ4n) is 0.332. The van der Waals surface area contributed by atoms with Crippen molar-refractivity contribution in [3.63, 3.8) is 0 Å². The fraction of sp³-hybridized carbons (Fsp3) is 0.333. The van der Waals surface area contributed by atoms with Crippen LogP contribution >= 0.6 is 24.8 Å². The van der Waals surface area contributed by atoms with Crippen molar-refractivity contribution in [1.29, 1.82) is 0 Å². The van der Waals surface area contributed by atoms with Crippen LogP contribution in [0.4, 0.5) is 0 Å². The molecule has 0 aromatic carbocycles. The van der Waals surface area contributed by atoms with Crippen LogP contribution in [-0.2, 0) is 14.9 Å². The third-order valence-electron chi connectivity index (χ3n) is 0.781. The second-order valence-electron chi connectivity index (χ2n) is 1.77. The van der Waals surface area contributed by atoms with E-state index in [0.717, 1.165) is 0 Å². The number of hydrazine groups is 1. The Kier molecular flexibility index (Phi) is 4.06. The van der Waals surface area contributed by atoms with Gasteiger partial charge in [0.25, 0.3) is 16.0 Å². The van der Waals surface area contributed by atoms with Crippen molar-refractivity contribution in [1.82, 2.24) is 5.01 Å². The van der Waals surface area contributed by atoms with Crippen molar-refractivity contribution in [2.75, 3.05) is 5.75 Å². The van der Waals surface area contributed by atoms with Gasteiger partial charge < -0.3 is 0 Å². The van der Waals surface area contributed by atoms with Gasteiger partial charge in [-0.2, -0.15) is 8.42 Å². The maximum Gasteiger partial charge on any atom is 0.274 e. The summed E-state index contributed by atoms with van der Waals surface area (Å²) >= 11 is 7.87. The molecule has 0 aliphatic carbocycles. The number of carbonyl (C=O) groups excluding carboxylic acids is 1. The van der Waals surface area contributed by atoms with E-state index < -0.39 is 21.8 Å². The molecule has 0 aromatic rings. The van der Waals surface area contributed by atoms with Crippen molar-refractivity contribution in [2.45, 2.75) is 0 Å². The van der Waals surface area contributed by atoms with Gasteiger partial charge in [0, 0.05) is 0 Å². The first-order valence-corrected chi connectivity index (χ1v) is 4.96. The Balaban J connectivity index is 4.35. The number of nitrogens with two attached hydrogens (primary N) is 1. The number of nitrogens with zero attached hydrogens (tertiary/aromatic N) is 1. The second-order valence-corrected chi connectivity index (χ2v) is 4.34. The smallest absolute Gasteiger partial charge is 0.274 e. The second kappa shape index (κ2) is 4.14. The molecule has 0 fully saturated rings. The van der Waals surface area contributed by atoms with Crippen molar-refractivity contribution in [2.24, 2.45) is 5.84 Å². The molecule has 0 saturated carbocycles. The Morgan fingerprint density at radius 1 is 1.67 bits per heavy atom. The van der Waals surface area contributed by atoms with Crippen LogP contribution in [0.15, 0.2) is 0 Å². The molecule has 0 bridgehead atoms. The van der Waals surface area contributed by atoms with E-state index in [1.54, 1.807) is 0 Å². The van der Waals surface area contributed by atoms with E-state index in [1.165, 1.54) is 0 Å². The molecule has 0 rings (SSSR count). The lowest BCUT2D eigenvalue weighted by Crippen LogP contribution is -2.42. The molecular weight excluding hydrogens is 224 g/mol. The van der Waals surface area contributed by atoms with Crippen LogP contribution in [-0.4, -0.2) is 34.0 Å². The van der Waals surface area contributed by atoms with E-state index in [9.17, 15) is 13.2 Å². The minimum absolute atomic E-state index is 0.274. The van der Waals surface area contributed by atoms with Crippen LogP contribution in [0.5, 0.6) is 0 Å². The molecule has 0 unspecified atom stereocenters. The number of thiol groups is 1. The van der Waals surface area contributed by atoms with E-state index in [4.69, 9.17) is 10.4 Å². The van der Waals surface area contributed by atoms with Crippen LogP contribution in [0.2, 0.25) is 0 Å². The van der Waals surface area contributed by atoms with Crippen LogP contribution in [0.25, 0.3) is 0 Å². The highest BCUT2D eigenvalue weighted by atomic mass is 32.2. The topological polar surface area (TPSA) is 101 Å². The Morgan fingerprint density at radius 3 is 2.33 bits per heavy atom. The molecule has 0 aromatic heterocycles. The van der Waals surface area contributed by atoms with Gasteiger partial charge in [0.1, 0.15) is 0 Å². The number of rotatable bonds is 2. The Labute approximate surface area is 79.8 Å². The maximum absolute atomic E-state index is 10.7. The number of carbonyl (C=O) groups is 1. The highest BCUT2D eigenvalue weighted by Crippen LogP contribution is 1.93. The predicted molar refractivity (Wildman–Crippen MR) is 49.0 cm³/mol. The first-order valence-electron chi connectivity index (χ1n) is 2.50. The highest BCUT2D eigenvalue weighted by Gasteiger charge is 2.18. The lowest BCUT2D eigenvalue weighted by atomic mass is 10.7. The Bertz CT molecular complexity index is 297. The maximum atomic E-state index is 10.7. The number of thiocarbonyl (C=S) groups is 1. The van der Waals surface area contributed by atoms with Gasteiger partial charge in [-0.05, 0) is 0 Å². The van der Waals surface area contributed by atoms with Crippen LogP contribution in [0.3, 0.4) is 0 Å². The first-order chi connectivity index (χ1) is 5.24. The summed E-state index contributed by atoms with van der Waals surface area (Å²) in [5, 5.41) is 0.353. The standard InChI is InChI=1S/C3H6N2O4S3/c4-5(3(10)11)2(6)1-12(7,8)9/h1,4H2,(H,10,11)(H,7,8,9). The van der Waals surface area contributed by atoms with Gasteiger partial charge in [-0.3, -0.25) is 9.35 Å². The van der Waals surface area contributed by atoms with E-state index in [2.05, 4.69) is 24.8 Å². The normalized spacial score (nSPS) is 10.9. The summed E-state index contributed by atoms with van der Waals surface area (Å²) in [4.78, 5) is 10.7. The average Bonchev–Trinajstić information content (AvgIpc) is 1.82. The number of amides is 1. The zero-order chi connectivity index (χ0) is 9.94. The largest absolute Gasteiger partial charge is 0.285 e. The van der Waals surface area contributed by atoms with E-state index in [1.807, 2.05) is 0 Å². The summed E-state index contributed by atoms with van der Waals surface area (Å²) < 4.78 is 28.3. The molecule has 0 saturated heterocycles. The molecule has 1 amide bonds. The van der Waals surface area contributed by atoms with Gasteiger partial charge in [-0.1, -0.05) is 12.2 Å². The molecule has 12 heavy (non-hydrogen) atoms. The molecule has 3 N–H and O–H groups in total. The quantitative estimate of drug-likeness (QED) is 0.137. The van der Waals surface area contributed by atoms with Crippen LogP contribution in [0, 0.1) is 0 Å². The van der Waals surface area contributed by atoms with Crippen LogP contribution in [0.1, 0.15) is 0 Å². The molecule has 0 heterocycles. The molecule has 9 heteroatoms. The lowest BCUT2D eigenvalue weighted by molar-refractivity contribution is -0.124. The predicted octanol–water partition coefficient (Wildman–Crippen LogP) is -1.21. The molecule has 0 spiro atoms. The minimum Gasteiger partial charge on any atom is -0.285 e. The molecular formula is C3H6N2O4S3. The fourth-order valence-corrected chi connectivity index (χ4v) is 0.997. The molecule has 0 radical (unpaired) electrons. The van der Waals surface area contributed by atoms with Crippen LogP contribution < -0.4 is 5.84 Å². The van der Waals surface area contributed by atoms with Crippen molar-refractivity contribution in [3.8, 4) is 0 Å². The number of hydrogen-bond acceptors (Lipinski definition) is 5. The summed E-state index contributed by atoms with van der Waals surface area (Å²) in [5.74, 6) is 2.81. The zero-order valence-electron chi connectivity index (χ0n) is 5.67. The van der Waals surface area contributed by atoms with Gasteiger partial charge in [0.05, 0.1) is 0 Å². The van der Waals surface area contributed by atoms with E-state index in [0.29, 0.717) is 5.01 Å². The summed E-state index contributed by atoms with van der Waals surface area (Å²) in [6, 6.07) is 0. The minimum atomic E-state index is -4.37. The van der Waals surface area contributed by atoms with Gasteiger partial charge in [0.2, 0.25) is 0 Å². The van der Waals surface area contributed by atoms with Gasteiger partial charge in [-0.15, -0.1) is 12.6 Å². The Hall–Kier alpha value is -0.220. The van der Waals surface area contributed by atoms with Gasteiger partial charge >= 0.3 is 0 Å². The zero-order valence-corrected chi connectivity index (χ0v) is 8.19. The van der Waals surface area contributed by atoms with E-state index >= 15 is 0 Å². The summed E-state index contributed by atoms with van der Waals surface area (Å²) in [7, 11) is -4.37. The van der Waals surface area contributed by atoms with Crippen molar-refractivity contribution in [3.05, 3.63) is 0 Å². The summed E-state index contributed by atoms with van der Waals surface area (Å²) in [6.45, 7) is 0. The molecule has 0 atom stereocenters. The molecule has 70 valence electrons. The first kappa shape index (κ1) is 11.8. The van der Waals surface area contributed by atoms with Gasteiger partial charge in [-0.25, -0.2) is 10.9 Å². The third-order valence-corrected chi connectivity index (χ3v) is 1.80. The molecule has 6 nitrogen and oxygen atoms in total. The number of hydrogen-bond donors (Lipinski definition) is 3. The highest BCUT2D eigenvalue weighted by molar-refractivity contribution is 8.11. The molecule has 0 aliphatic heterocycles. The third kappa shape index (κ3) is 4.62. The van der Waals surface area contributed by atoms with E-state index in [-0.39, 0.29) is 4.32 Å². The average molecular weight is 230 g/mol. The van der Waals surface area contributed by atoms with Crippen molar-refractivity contribution < 1.29 is 17.8 Å².